The highest BCUT2D eigenvalue weighted by Crippen LogP contribution is 2.33. The van der Waals surface area contributed by atoms with Crippen LogP contribution in [0.5, 0.6) is 11.5 Å². The molecule has 2 rings (SSSR count). The molecule has 0 atom stereocenters. The quantitative estimate of drug-likeness (QED) is 0.818. The lowest BCUT2D eigenvalue weighted by molar-refractivity contribution is 0.355. The standard InChI is InChI=1S/C17H19FN2O2S/c1-10-5-6-12(8-13(10)18)19-17(23)20-14-9-16(22-4)15(21-3)7-11(14)2/h5-9H,1-4H3,(H2,19,20,23). The van der Waals surface area contributed by atoms with Gasteiger partial charge in [-0.3, -0.25) is 0 Å². The van der Waals surface area contributed by atoms with Crippen molar-refractivity contribution in [1.82, 2.24) is 0 Å². The lowest BCUT2D eigenvalue weighted by Gasteiger charge is -2.16. The number of halogens is 1. The predicted octanol–water partition coefficient (Wildman–Crippen LogP) is 4.27. The molecule has 2 aromatic carbocycles. The van der Waals surface area contributed by atoms with Gasteiger partial charge in [0.15, 0.2) is 16.6 Å². The predicted molar refractivity (Wildman–Crippen MR) is 95.3 cm³/mol. The van der Waals surface area contributed by atoms with Crippen molar-refractivity contribution in [1.29, 1.82) is 0 Å². The van der Waals surface area contributed by atoms with Crippen LogP contribution in [0.4, 0.5) is 15.8 Å². The van der Waals surface area contributed by atoms with Crippen LogP contribution in [0.3, 0.4) is 0 Å². The van der Waals surface area contributed by atoms with E-state index in [2.05, 4.69) is 10.6 Å². The second-order valence-corrected chi connectivity index (χ2v) is 5.47. The maximum absolute atomic E-state index is 13.6. The molecule has 23 heavy (non-hydrogen) atoms. The van der Waals surface area contributed by atoms with Gasteiger partial charge in [-0.15, -0.1) is 0 Å². The van der Waals surface area contributed by atoms with Crippen molar-refractivity contribution in [3.05, 3.63) is 47.3 Å². The molecule has 0 unspecified atom stereocenters. The van der Waals surface area contributed by atoms with E-state index in [0.29, 0.717) is 27.9 Å². The minimum absolute atomic E-state index is 0.278. The van der Waals surface area contributed by atoms with Gasteiger partial charge in [-0.05, 0) is 55.4 Å². The van der Waals surface area contributed by atoms with Crippen molar-refractivity contribution in [3.63, 3.8) is 0 Å². The summed E-state index contributed by atoms with van der Waals surface area (Å²) in [4.78, 5) is 0. The summed E-state index contributed by atoms with van der Waals surface area (Å²) >= 11 is 5.28. The van der Waals surface area contributed by atoms with Gasteiger partial charge in [-0.2, -0.15) is 0 Å². The molecule has 4 nitrogen and oxygen atoms in total. The molecule has 6 heteroatoms. The van der Waals surface area contributed by atoms with Gasteiger partial charge in [-0.1, -0.05) is 6.07 Å². The zero-order valence-electron chi connectivity index (χ0n) is 13.5. The minimum atomic E-state index is -0.278. The van der Waals surface area contributed by atoms with E-state index in [1.165, 1.54) is 6.07 Å². The third-order valence-corrected chi connectivity index (χ3v) is 3.61. The van der Waals surface area contributed by atoms with E-state index in [1.54, 1.807) is 39.3 Å². The zero-order chi connectivity index (χ0) is 17.0. The summed E-state index contributed by atoms with van der Waals surface area (Å²) in [5.41, 5.74) is 2.91. The van der Waals surface area contributed by atoms with E-state index in [0.717, 1.165) is 11.3 Å². The molecule has 0 aliphatic heterocycles. The Labute approximate surface area is 140 Å². The first-order valence-corrected chi connectivity index (χ1v) is 7.42. The molecule has 0 aromatic heterocycles. The molecule has 2 aromatic rings. The fraction of sp³-hybridized carbons (Fsp3) is 0.235. The van der Waals surface area contributed by atoms with E-state index in [-0.39, 0.29) is 5.82 Å². The molecular weight excluding hydrogens is 315 g/mol. The van der Waals surface area contributed by atoms with Crippen molar-refractivity contribution in [2.75, 3.05) is 24.9 Å². The normalized spacial score (nSPS) is 10.1. The Balaban J connectivity index is 2.15. The second-order valence-electron chi connectivity index (χ2n) is 5.07. The van der Waals surface area contributed by atoms with Gasteiger partial charge in [0.1, 0.15) is 5.82 Å². The zero-order valence-corrected chi connectivity index (χ0v) is 14.3. The van der Waals surface area contributed by atoms with Crippen LogP contribution in [0.15, 0.2) is 30.3 Å². The van der Waals surface area contributed by atoms with Crippen molar-refractivity contribution in [3.8, 4) is 11.5 Å². The molecular formula is C17H19FN2O2S. The Kier molecular flexibility index (Phi) is 5.39. The van der Waals surface area contributed by atoms with Crippen LogP contribution >= 0.6 is 12.2 Å². The van der Waals surface area contributed by atoms with Crippen LogP contribution in [0.2, 0.25) is 0 Å². The summed E-state index contributed by atoms with van der Waals surface area (Å²) in [6, 6.07) is 8.54. The molecule has 0 saturated heterocycles. The van der Waals surface area contributed by atoms with Gasteiger partial charge < -0.3 is 20.1 Å². The van der Waals surface area contributed by atoms with Gasteiger partial charge in [0, 0.05) is 17.4 Å². The molecule has 0 bridgehead atoms. The maximum atomic E-state index is 13.6. The van der Waals surface area contributed by atoms with Crippen molar-refractivity contribution in [2.24, 2.45) is 0 Å². The second kappa shape index (κ2) is 7.28. The number of nitrogens with one attached hydrogen (secondary N) is 2. The highest BCUT2D eigenvalue weighted by atomic mass is 32.1. The number of hydrogen-bond donors (Lipinski definition) is 2. The van der Waals surface area contributed by atoms with Crippen molar-refractivity contribution in [2.45, 2.75) is 13.8 Å². The fourth-order valence-corrected chi connectivity index (χ4v) is 2.30. The Morgan fingerprint density at radius 2 is 1.61 bits per heavy atom. The number of aryl methyl sites for hydroxylation is 2. The number of anilines is 2. The Bertz CT molecular complexity index is 735. The Morgan fingerprint density at radius 1 is 0.957 bits per heavy atom. The van der Waals surface area contributed by atoms with E-state index in [9.17, 15) is 4.39 Å². The van der Waals surface area contributed by atoms with Crippen molar-refractivity contribution >= 4 is 28.7 Å². The summed E-state index contributed by atoms with van der Waals surface area (Å²) in [5.74, 6) is 0.972. The van der Waals surface area contributed by atoms with E-state index >= 15 is 0 Å². The van der Waals surface area contributed by atoms with Crippen molar-refractivity contribution < 1.29 is 13.9 Å². The monoisotopic (exact) mass is 334 g/mol. The first kappa shape index (κ1) is 17.0. The highest BCUT2D eigenvalue weighted by Gasteiger charge is 2.10. The van der Waals surface area contributed by atoms with Gasteiger partial charge in [0.2, 0.25) is 0 Å². The number of hydrogen-bond acceptors (Lipinski definition) is 3. The average Bonchev–Trinajstić information content (AvgIpc) is 2.52. The lowest BCUT2D eigenvalue weighted by Crippen LogP contribution is -2.19. The molecule has 2 N–H and O–H groups in total. The largest absolute Gasteiger partial charge is 0.493 e. The summed E-state index contributed by atoms with van der Waals surface area (Å²) in [6.45, 7) is 3.64. The van der Waals surface area contributed by atoms with Crippen LogP contribution in [-0.4, -0.2) is 19.3 Å². The first-order valence-electron chi connectivity index (χ1n) is 7.01. The number of thiocarbonyl (C=S) groups is 1. The number of benzene rings is 2. The van der Waals surface area contributed by atoms with Gasteiger partial charge >= 0.3 is 0 Å². The molecule has 0 heterocycles. The molecule has 122 valence electrons. The van der Waals surface area contributed by atoms with Crippen LogP contribution in [0, 0.1) is 19.7 Å². The van der Waals surface area contributed by atoms with Gasteiger partial charge in [-0.25, -0.2) is 4.39 Å². The summed E-state index contributed by atoms with van der Waals surface area (Å²) in [5, 5.41) is 6.41. The number of rotatable bonds is 4. The molecule has 0 aliphatic rings. The Hall–Kier alpha value is -2.34. The smallest absolute Gasteiger partial charge is 0.175 e. The minimum Gasteiger partial charge on any atom is -0.493 e. The summed E-state index contributed by atoms with van der Waals surface area (Å²) in [7, 11) is 3.16. The fourth-order valence-electron chi connectivity index (χ4n) is 2.07. The van der Waals surface area contributed by atoms with Crippen LogP contribution in [0.1, 0.15) is 11.1 Å². The summed E-state index contributed by atoms with van der Waals surface area (Å²) in [6.07, 6.45) is 0. The molecule has 0 saturated carbocycles. The molecule has 0 amide bonds. The third-order valence-electron chi connectivity index (χ3n) is 3.41. The van der Waals surface area contributed by atoms with Crippen LogP contribution in [-0.2, 0) is 0 Å². The lowest BCUT2D eigenvalue weighted by atomic mass is 10.1. The van der Waals surface area contributed by atoms with Gasteiger partial charge in [0.25, 0.3) is 0 Å². The first-order chi connectivity index (χ1) is 10.9. The van der Waals surface area contributed by atoms with E-state index in [1.807, 2.05) is 13.0 Å². The average molecular weight is 334 g/mol. The van der Waals surface area contributed by atoms with E-state index < -0.39 is 0 Å². The maximum Gasteiger partial charge on any atom is 0.175 e. The van der Waals surface area contributed by atoms with Crippen LogP contribution < -0.4 is 20.1 Å². The van der Waals surface area contributed by atoms with Crippen LogP contribution in [0.25, 0.3) is 0 Å². The molecule has 0 aliphatic carbocycles. The summed E-state index contributed by atoms with van der Waals surface area (Å²) < 4.78 is 24.1. The molecule has 0 radical (unpaired) electrons. The van der Waals surface area contributed by atoms with E-state index in [4.69, 9.17) is 21.7 Å². The van der Waals surface area contributed by atoms with Gasteiger partial charge in [0.05, 0.1) is 14.2 Å². The molecule has 0 fully saturated rings. The number of methoxy groups -OCH3 is 2. The topological polar surface area (TPSA) is 42.5 Å². The third kappa shape index (κ3) is 4.10. The number of ether oxygens (including phenoxy) is 2. The molecule has 0 spiro atoms. The Morgan fingerprint density at radius 3 is 2.22 bits per heavy atom. The highest BCUT2D eigenvalue weighted by molar-refractivity contribution is 7.80. The SMILES string of the molecule is COc1cc(C)c(NC(=S)Nc2ccc(C)c(F)c2)cc1OC.